The Kier molecular flexibility index (Phi) is 26.8. The van der Waals surface area contributed by atoms with E-state index in [-0.39, 0.29) is 63.7 Å². The molecule has 2 aromatic rings. The van der Waals surface area contributed by atoms with Gasteiger partial charge in [-0.15, -0.1) is 0 Å². The standard InChI is InChI=1S/C22H20O5.C20H32O5.C14H20O5.C10H12O5/c23-20(24)17-11-12-22(27,14-16-9-5-2-6-10-16)18(19(17)21(25)26)13-15-7-3-1-4-8-15;1-3-5-7-9-11-16-17(19(23)24)15(18(21)22)12-14-20(16,25)13-10-8-6-4-2;1-7(2)11-10(13(17)18)9(12(15)16)5-6-14(11,19)8(3)4;1-5-7(9(13)14)6(8(11)12)3-4-10(5,2)15/h1-12,17,27H,13-14H2,(H,23,24)(H,25,26);12,14-15,25H,3-11,13H2,1-2H3,(H,21,22)(H,23,24);5-9,19H,1-4H3,(H,15,16)(H,17,18);3-4,6,15H,1-2H3,(H,11,12)(H,13,14). The molecule has 0 heterocycles. The number of hydrogen-bond donors (Lipinski definition) is 12. The summed E-state index contributed by atoms with van der Waals surface area (Å²) in [6.45, 7) is 14.1. The topological polar surface area (TPSA) is 379 Å². The van der Waals surface area contributed by atoms with E-state index in [0.717, 1.165) is 62.5 Å². The molecule has 12 N–H and O–H groups in total. The number of rotatable bonds is 24. The summed E-state index contributed by atoms with van der Waals surface area (Å²) in [6.07, 6.45) is 19.6. The first-order chi connectivity index (χ1) is 40.2. The van der Waals surface area contributed by atoms with E-state index in [1.54, 1.807) is 27.7 Å². The van der Waals surface area contributed by atoms with Gasteiger partial charge < -0.3 is 61.3 Å². The molecule has 0 saturated carbocycles. The first-order valence-electron chi connectivity index (χ1n) is 28.7. The average Bonchev–Trinajstić information content (AvgIpc) is 2.56. The van der Waals surface area contributed by atoms with E-state index >= 15 is 0 Å². The molecule has 0 spiro atoms. The van der Waals surface area contributed by atoms with Gasteiger partial charge in [0.2, 0.25) is 0 Å². The smallest absolute Gasteiger partial charge is 0.332 e. The van der Waals surface area contributed by atoms with Crippen molar-refractivity contribution >= 4 is 47.8 Å². The molecular formula is C66H84O20. The molecule has 20 nitrogen and oxygen atoms in total. The molecule has 20 heteroatoms. The number of carboxylic acids is 8. The summed E-state index contributed by atoms with van der Waals surface area (Å²) in [7, 11) is 0. The summed E-state index contributed by atoms with van der Waals surface area (Å²) in [5, 5.41) is 117. The van der Waals surface area contributed by atoms with Gasteiger partial charge in [-0.3, -0.25) is 19.2 Å². The monoisotopic (exact) mass is 1200 g/mol. The Morgan fingerprint density at radius 1 is 0.465 bits per heavy atom. The van der Waals surface area contributed by atoms with E-state index in [4.69, 9.17) is 15.3 Å². The van der Waals surface area contributed by atoms with Gasteiger partial charge in [0.05, 0.1) is 22.3 Å². The van der Waals surface area contributed by atoms with E-state index in [1.165, 1.54) is 62.5 Å². The van der Waals surface area contributed by atoms with Gasteiger partial charge in [0, 0.05) is 6.42 Å². The van der Waals surface area contributed by atoms with Crippen molar-refractivity contribution in [3.8, 4) is 0 Å². The van der Waals surface area contributed by atoms with Gasteiger partial charge in [-0.05, 0) is 91.2 Å². The molecule has 0 radical (unpaired) electrons. The highest BCUT2D eigenvalue weighted by molar-refractivity contribution is 5.99. The van der Waals surface area contributed by atoms with Crippen molar-refractivity contribution in [1.29, 1.82) is 0 Å². The lowest BCUT2D eigenvalue weighted by Crippen LogP contribution is -2.43. The number of unbranched alkanes of at least 4 members (excludes halogenated alkanes) is 6. The minimum absolute atomic E-state index is 0.149. The zero-order valence-electron chi connectivity index (χ0n) is 50.0. The first kappa shape index (κ1) is 72.2. The Bertz CT molecular complexity index is 3040. The summed E-state index contributed by atoms with van der Waals surface area (Å²) in [6, 6.07) is 18.3. The van der Waals surface area contributed by atoms with Crippen LogP contribution in [-0.2, 0) is 51.2 Å². The van der Waals surface area contributed by atoms with Crippen LogP contribution in [0, 0.1) is 35.5 Å². The number of carboxylic acid groups (broad SMARTS) is 8. The van der Waals surface area contributed by atoms with E-state index in [0.29, 0.717) is 18.4 Å². The summed E-state index contributed by atoms with van der Waals surface area (Å²) in [5.74, 6) is -15.5. The molecule has 4 aliphatic rings. The lowest BCUT2D eigenvalue weighted by atomic mass is 9.69. The summed E-state index contributed by atoms with van der Waals surface area (Å²) in [4.78, 5) is 91.1. The number of benzene rings is 2. The van der Waals surface area contributed by atoms with Crippen molar-refractivity contribution in [2.24, 2.45) is 35.5 Å². The number of hydrogen-bond acceptors (Lipinski definition) is 12. The maximum Gasteiger partial charge on any atom is 0.332 e. The first-order valence-corrected chi connectivity index (χ1v) is 28.7. The van der Waals surface area contributed by atoms with Crippen LogP contribution in [0.3, 0.4) is 0 Å². The van der Waals surface area contributed by atoms with Crippen LogP contribution >= 0.6 is 0 Å². The normalized spacial score (nSPS) is 24.9. The highest BCUT2D eigenvalue weighted by atomic mass is 16.4. The maximum atomic E-state index is 11.9. The summed E-state index contributed by atoms with van der Waals surface area (Å²) >= 11 is 0. The zero-order chi connectivity index (χ0) is 65.1. The second kappa shape index (κ2) is 31.9. The Morgan fingerprint density at radius 2 is 0.860 bits per heavy atom. The second-order valence-corrected chi connectivity index (χ2v) is 22.6. The van der Waals surface area contributed by atoms with Crippen LogP contribution in [-0.4, -0.2) is 131 Å². The van der Waals surface area contributed by atoms with Gasteiger partial charge in [-0.25, -0.2) is 19.2 Å². The number of carbonyl (C=O) groups is 8. The number of aliphatic hydroxyl groups is 4. The molecule has 0 fully saturated rings. The second-order valence-electron chi connectivity index (χ2n) is 22.6. The van der Waals surface area contributed by atoms with Crippen LogP contribution in [0.2, 0.25) is 0 Å². The SMILES string of the molecule is CC(C)C1=C(C(=O)O)C(C(=O)O)C=CC1(O)C(C)C.CC1=C(C(=O)O)C(C(=O)O)C=CC1(C)O.CCCCCCC1=C(C(=O)O)C(C(=O)O)C=CC1(O)CCCCCC.O=C(O)C1=C(Cc2ccccc2)C(O)(Cc2ccccc2)C=CC1C(=O)O. The molecule has 0 aliphatic heterocycles. The molecular weight excluding hydrogens is 1110 g/mol. The van der Waals surface area contributed by atoms with E-state index in [9.17, 15) is 84.3 Å². The van der Waals surface area contributed by atoms with Gasteiger partial charge in [0.1, 0.15) is 46.1 Å². The summed E-state index contributed by atoms with van der Waals surface area (Å²) in [5.41, 5.74) is -3.94. The fourth-order valence-corrected chi connectivity index (χ4v) is 11.0. The third kappa shape index (κ3) is 18.5. The Balaban J connectivity index is 0.000000307. The number of aliphatic carboxylic acids is 8. The van der Waals surface area contributed by atoms with E-state index < -0.39 is 93.8 Å². The fraction of sp³-hybridized carbons (Fsp3) is 0.455. The Hall–Kier alpha value is -8.04. The van der Waals surface area contributed by atoms with Crippen molar-refractivity contribution in [3.63, 3.8) is 0 Å². The quantitative estimate of drug-likeness (QED) is 0.0344. The van der Waals surface area contributed by atoms with Crippen LogP contribution in [0.25, 0.3) is 0 Å². The largest absolute Gasteiger partial charge is 0.481 e. The zero-order valence-corrected chi connectivity index (χ0v) is 50.0. The van der Waals surface area contributed by atoms with Gasteiger partial charge in [0.15, 0.2) is 0 Å². The van der Waals surface area contributed by atoms with Crippen LogP contribution in [0.1, 0.15) is 131 Å². The molecule has 4 aliphatic carbocycles. The van der Waals surface area contributed by atoms with E-state index in [2.05, 4.69) is 13.8 Å². The molecule has 468 valence electrons. The Labute approximate surface area is 500 Å². The van der Waals surface area contributed by atoms with Gasteiger partial charge in [-0.2, -0.15) is 0 Å². The van der Waals surface area contributed by atoms with Crippen molar-refractivity contribution in [1.82, 2.24) is 0 Å². The predicted molar refractivity (Wildman–Crippen MR) is 318 cm³/mol. The summed E-state index contributed by atoms with van der Waals surface area (Å²) < 4.78 is 0. The minimum atomic E-state index is -1.57. The fourth-order valence-electron chi connectivity index (χ4n) is 11.0. The predicted octanol–water partition coefficient (Wildman–Crippen LogP) is 9.26. The van der Waals surface area contributed by atoms with Crippen LogP contribution in [0.5, 0.6) is 0 Å². The van der Waals surface area contributed by atoms with Crippen molar-refractivity contribution in [3.05, 3.63) is 165 Å². The highest BCUT2D eigenvalue weighted by Gasteiger charge is 2.46. The average molecular weight is 1200 g/mol. The van der Waals surface area contributed by atoms with Crippen molar-refractivity contribution < 1.29 is 99.6 Å². The Morgan fingerprint density at radius 3 is 1.29 bits per heavy atom. The lowest BCUT2D eigenvalue weighted by molar-refractivity contribution is -0.142. The maximum absolute atomic E-state index is 11.9. The van der Waals surface area contributed by atoms with Crippen LogP contribution < -0.4 is 0 Å². The highest BCUT2D eigenvalue weighted by Crippen LogP contribution is 2.43. The van der Waals surface area contributed by atoms with Crippen molar-refractivity contribution in [2.45, 2.75) is 155 Å². The lowest BCUT2D eigenvalue weighted by Gasteiger charge is -2.39. The molecule has 0 aromatic heterocycles. The van der Waals surface area contributed by atoms with Crippen molar-refractivity contribution in [2.75, 3.05) is 0 Å². The molecule has 0 saturated heterocycles. The van der Waals surface area contributed by atoms with Crippen LogP contribution in [0.15, 0.2) is 154 Å². The molecule has 8 unspecified atom stereocenters. The van der Waals surface area contributed by atoms with Crippen LogP contribution in [0.4, 0.5) is 0 Å². The third-order valence-corrected chi connectivity index (χ3v) is 15.8. The molecule has 8 atom stereocenters. The van der Waals surface area contributed by atoms with Gasteiger partial charge in [0.25, 0.3) is 0 Å². The molecule has 0 amide bonds. The molecule has 6 rings (SSSR count). The third-order valence-electron chi connectivity index (χ3n) is 15.8. The molecule has 86 heavy (non-hydrogen) atoms. The minimum Gasteiger partial charge on any atom is -0.481 e. The van der Waals surface area contributed by atoms with Gasteiger partial charge >= 0.3 is 47.8 Å². The van der Waals surface area contributed by atoms with E-state index in [1.807, 2.05) is 60.7 Å². The van der Waals surface area contributed by atoms with Gasteiger partial charge in [-0.1, -0.05) is 189 Å². The molecule has 2 aromatic carbocycles. The molecule has 0 bridgehead atoms.